The highest BCUT2D eigenvalue weighted by molar-refractivity contribution is 14.0. The van der Waals surface area contributed by atoms with Crippen molar-refractivity contribution in [2.24, 2.45) is 16.8 Å². The van der Waals surface area contributed by atoms with Gasteiger partial charge in [-0.3, -0.25) is 4.99 Å². The van der Waals surface area contributed by atoms with Gasteiger partial charge in [-0.05, 0) is 46.2 Å². The quantitative estimate of drug-likeness (QED) is 0.224. The Bertz CT molecular complexity index is 464. The molecule has 0 aromatic carbocycles. The lowest BCUT2D eigenvalue weighted by Crippen LogP contribution is -2.51. The van der Waals surface area contributed by atoms with Gasteiger partial charge in [0.1, 0.15) is 0 Å². The molecule has 1 aliphatic carbocycles. The average Bonchev–Trinajstić information content (AvgIpc) is 3.11. The predicted octanol–water partition coefficient (Wildman–Crippen LogP) is 3.07. The Kier molecular flexibility index (Phi) is 12.3. The number of likely N-dealkylation sites (tertiary alicyclic amines) is 1. The number of likely N-dealkylation sites (N-methyl/N-ethyl adjacent to an activating group) is 1. The summed E-state index contributed by atoms with van der Waals surface area (Å²) < 4.78 is 10.8. The molecule has 1 saturated carbocycles. The number of guanidine groups is 1. The Morgan fingerprint density at radius 3 is 2.71 bits per heavy atom. The number of aliphatic imine (C=N–C) groups is 1. The van der Waals surface area contributed by atoms with Gasteiger partial charge in [0.05, 0.1) is 26.4 Å². The van der Waals surface area contributed by atoms with E-state index in [1.165, 1.54) is 32.1 Å². The lowest BCUT2D eigenvalue weighted by molar-refractivity contribution is 0.0536. The van der Waals surface area contributed by atoms with Crippen LogP contribution >= 0.6 is 24.0 Å². The molecule has 7 heteroatoms. The van der Waals surface area contributed by atoms with Crippen molar-refractivity contribution >= 4 is 29.9 Å². The third-order valence-electron chi connectivity index (χ3n) is 6.24. The maximum Gasteiger partial charge on any atom is 0.193 e. The van der Waals surface area contributed by atoms with E-state index in [1.807, 2.05) is 0 Å². The second-order valence-corrected chi connectivity index (χ2v) is 8.66. The summed E-state index contributed by atoms with van der Waals surface area (Å²) in [4.78, 5) is 9.96. The first-order chi connectivity index (χ1) is 13.0. The van der Waals surface area contributed by atoms with Crippen molar-refractivity contribution in [3.8, 4) is 0 Å². The number of hydrogen-bond donors (Lipinski definition) is 1. The first-order valence-corrected chi connectivity index (χ1v) is 10.8. The van der Waals surface area contributed by atoms with Crippen molar-refractivity contribution in [1.82, 2.24) is 15.1 Å². The lowest BCUT2D eigenvalue weighted by Gasteiger charge is -2.44. The molecule has 6 nitrogen and oxygen atoms in total. The van der Waals surface area contributed by atoms with Crippen LogP contribution in [0.5, 0.6) is 0 Å². The molecule has 2 aliphatic rings. The van der Waals surface area contributed by atoms with E-state index in [0.29, 0.717) is 19.1 Å². The summed E-state index contributed by atoms with van der Waals surface area (Å²) >= 11 is 0. The molecule has 3 unspecified atom stereocenters. The minimum absolute atomic E-state index is 0. The standard InChI is InChI=1S/C21H42N4O2.HI/c1-6-22-20(25-11-9-19(15-25)16-27-13-12-26-5)23-17-21(24(3)4)10-7-8-18(2)14-21;/h18-19H,6-17H2,1-5H3,(H,22,23);1H. The SMILES string of the molecule is CCNC(=NCC1(N(C)C)CCCC(C)C1)N1CCC(COCCOC)C1.I. The molecule has 28 heavy (non-hydrogen) atoms. The van der Waals surface area contributed by atoms with E-state index in [0.717, 1.165) is 44.7 Å². The van der Waals surface area contributed by atoms with E-state index < -0.39 is 0 Å². The molecule has 1 N–H and O–H groups in total. The molecule has 0 radical (unpaired) electrons. The molecule has 2 fully saturated rings. The largest absolute Gasteiger partial charge is 0.382 e. The van der Waals surface area contributed by atoms with Gasteiger partial charge in [-0.2, -0.15) is 0 Å². The van der Waals surface area contributed by atoms with E-state index in [2.05, 4.69) is 43.1 Å². The van der Waals surface area contributed by atoms with Gasteiger partial charge in [-0.15, -0.1) is 24.0 Å². The number of nitrogens with zero attached hydrogens (tertiary/aromatic N) is 3. The molecule has 3 atom stereocenters. The zero-order valence-electron chi connectivity index (χ0n) is 18.7. The smallest absolute Gasteiger partial charge is 0.193 e. The van der Waals surface area contributed by atoms with E-state index in [-0.39, 0.29) is 29.5 Å². The van der Waals surface area contributed by atoms with E-state index >= 15 is 0 Å². The van der Waals surface area contributed by atoms with Gasteiger partial charge >= 0.3 is 0 Å². The van der Waals surface area contributed by atoms with Gasteiger partial charge in [0.25, 0.3) is 0 Å². The first kappa shape index (κ1) is 25.9. The minimum atomic E-state index is 0. The zero-order chi connectivity index (χ0) is 19.7. The fraction of sp³-hybridized carbons (Fsp3) is 0.952. The van der Waals surface area contributed by atoms with Crippen LogP contribution in [0.3, 0.4) is 0 Å². The predicted molar refractivity (Wildman–Crippen MR) is 128 cm³/mol. The van der Waals surface area contributed by atoms with Gasteiger partial charge in [-0.1, -0.05) is 19.8 Å². The van der Waals surface area contributed by atoms with Crippen LogP contribution in [0.25, 0.3) is 0 Å². The van der Waals surface area contributed by atoms with Crippen molar-refractivity contribution < 1.29 is 9.47 Å². The Labute approximate surface area is 189 Å². The zero-order valence-corrected chi connectivity index (χ0v) is 21.0. The topological polar surface area (TPSA) is 49.3 Å². The Morgan fingerprint density at radius 2 is 2.07 bits per heavy atom. The Morgan fingerprint density at radius 1 is 1.29 bits per heavy atom. The fourth-order valence-corrected chi connectivity index (χ4v) is 4.52. The van der Waals surface area contributed by atoms with Crippen molar-refractivity contribution in [3.63, 3.8) is 0 Å². The van der Waals surface area contributed by atoms with Crippen LogP contribution in [0.1, 0.15) is 46.0 Å². The van der Waals surface area contributed by atoms with Gasteiger partial charge in [0, 0.05) is 38.2 Å². The molecule has 166 valence electrons. The van der Waals surface area contributed by atoms with Crippen LogP contribution in [0.15, 0.2) is 4.99 Å². The van der Waals surface area contributed by atoms with Gasteiger partial charge < -0.3 is 24.6 Å². The summed E-state index contributed by atoms with van der Waals surface area (Å²) in [5.41, 5.74) is 0.209. The maximum absolute atomic E-state index is 5.74. The molecule has 0 aromatic heterocycles. The fourth-order valence-electron chi connectivity index (χ4n) is 4.52. The van der Waals surface area contributed by atoms with Crippen molar-refractivity contribution in [2.75, 3.05) is 67.2 Å². The summed E-state index contributed by atoms with van der Waals surface area (Å²) in [6.45, 7) is 10.6. The Balaban J connectivity index is 0.00000392. The molecular weight excluding hydrogens is 467 g/mol. The Hall–Kier alpha value is -0.120. The normalized spacial score (nSPS) is 28.5. The summed E-state index contributed by atoms with van der Waals surface area (Å²) in [7, 11) is 6.17. The summed E-state index contributed by atoms with van der Waals surface area (Å²) in [6, 6.07) is 0. The number of nitrogens with one attached hydrogen (secondary N) is 1. The molecule has 1 saturated heterocycles. The second kappa shape index (κ2) is 13.2. The third-order valence-corrected chi connectivity index (χ3v) is 6.24. The molecule has 0 amide bonds. The first-order valence-electron chi connectivity index (χ1n) is 10.8. The number of hydrogen-bond acceptors (Lipinski definition) is 4. The maximum atomic E-state index is 5.74. The van der Waals surface area contributed by atoms with Crippen LogP contribution in [0.2, 0.25) is 0 Å². The van der Waals surface area contributed by atoms with Gasteiger partial charge in [0.2, 0.25) is 0 Å². The molecule has 1 heterocycles. The van der Waals surface area contributed by atoms with Gasteiger partial charge in [0.15, 0.2) is 5.96 Å². The third kappa shape index (κ3) is 7.61. The second-order valence-electron chi connectivity index (χ2n) is 8.66. The molecule has 0 bridgehead atoms. The summed E-state index contributed by atoms with van der Waals surface area (Å²) in [5.74, 6) is 2.46. The summed E-state index contributed by atoms with van der Waals surface area (Å²) in [5, 5.41) is 3.53. The summed E-state index contributed by atoms with van der Waals surface area (Å²) in [6.07, 6.45) is 6.35. The number of ether oxygens (including phenoxy) is 2. The van der Waals surface area contributed by atoms with Crippen LogP contribution in [-0.4, -0.2) is 88.5 Å². The van der Waals surface area contributed by atoms with E-state index in [4.69, 9.17) is 14.5 Å². The minimum Gasteiger partial charge on any atom is -0.382 e. The highest BCUT2D eigenvalue weighted by atomic mass is 127. The molecular formula is C21H43IN4O2. The van der Waals surface area contributed by atoms with Crippen LogP contribution in [-0.2, 0) is 9.47 Å². The molecule has 2 rings (SSSR count). The number of halogens is 1. The van der Waals surface area contributed by atoms with E-state index in [1.54, 1.807) is 7.11 Å². The molecule has 1 aliphatic heterocycles. The van der Waals surface area contributed by atoms with Crippen LogP contribution in [0.4, 0.5) is 0 Å². The van der Waals surface area contributed by atoms with Crippen molar-refractivity contribution in [3.05, 3.63) is 0 Å². The lowest BCUT2D eigenvalue weighted by atomic mass is 9.75. The molecule has 0 spiro atoms. The van der Waals surface area contributed by atoms with E-state index in [9.17, 15) is 0 Å². The van der Waals surface area contributed by atoms with Crippen molar-refractivity contribution in [2.45, 2.75) is 51.5 Å². The van der Waals surface area contributed by atoms with Crippen LogP contribution in [0, 0.1) is 11.8 Å². The monoisotopic (exact) mass is 510 g/mol. The number of methoxy groups -OCH3 is 1. The molecule has 0 aromatic rings. The van der Waals surface area contributed by atoms with Crippen LogP contribution < -0.4 is 5.32 Å². The average molecular weight is 511 g/mol. The number of rotatable bonds is 9. The van der Waals surface area contributed by atoms with Gasteiger partial charge in [-0.25, -0.2) is 0 Å². The van der Waals surface area contributed by atoms with Crippen molar-refractivity contribution in [1.29, 1.82) is 0 Å². The highest BCUT2D eigenvalue weighted by Gasteiger charge is 2.37. The highest BCUT2D eigenvalue weighted by Crippen LogP contribution is 2.36.